The van der Waals surface area contributed by atoms with Crippen LogP contribution in [0.25, 0.3) is 10.9 Å². The zero-order valence-corrected chi connectivity index (χ0v) is 37.2. The number of fused-ring (bicyclic) bond motifs is 1. The number of aromatic nitrogens is 1. The molecule has 3 fully saturated rings. The van der Waals surface area contributed by atoms with Gasteiger partial charge >= 0.3 is 0 Å². The van der Waals surface area contributed by atoms with Gasteiger partial charge in [0, 0.05) is 62.9 Å². The first-order valence-corrected chi connectivity index (χ1v) is 24.8. The minimum atomic E-state index is -3.87. The maximum atomic E-state index is 14.5. The van der Waals surface area contributed by atoms with Crippen molar-refractivity contribution in [3.8, 4) is 11.5 Å². The summed E-state index contributed by atoms with van der Waals surface area (Å²) in [6.45, 7) is 15.0. The summed E-state index contributed by atoms with van der Waals surface area (Å²) in [5.41, 5.74) is 1.51. The molecule has 0 amide bonds. The van der Waals surface area contributed by atoms with Crippen molar-refractivity contribution >= 4 is 26.4 Å². The molecular formula is C48H75N5O4S. The van der Waals surface area contributed by atoms with E-state index in [2.05, 4.69) is 38.4 Å². The Morgan fingerprint density at radius 1 is 0.638 bits per heavy atom. The predicted molar refractivity (Wildman–Crippen MR) is 240 cm³/mol. The van der Waals surface area contributed by atoms with Gasteiger partial charge in [-0.15, -0.1) is 0 Å². The Morgan fingerprint density at radius 3 is 1.69 bits per heavy atom. The minimum Gasteiger partial charge on any atom is -0.497 e. The highest BCUT2D eigenvalue weighted by Gasteiger charge is 2.34. The predicted octanol–water partition coefficient (Wildman–Crippen LogP) is 10.0. The molecule has 322 valence electrons. The van der Waals surface area contributed by atoms with Crippen LogP contribution in [0.2, 0.25) is 0 Å². The molecule has 0 atom stereocenters. The lowest BCUT2D eigenvalue weighted by Crippen LogP contribution is -2.56. The fourth-order valence-corrected chi connectivity index (χ4v) is 11.1. The van der Waals surface area contributed by atoms with Crippen LogP contribution in [0, 0.1) is 0 Å². The number of unbranched alkanes of at least 4 members (excludes halogenated alkanes) is 13. The first-order chi connectivity index (χ1) is 28.4. The lowest BCUT2D eigenvalue weighted by molar-refractivity contribution is 0.0384. The van der Waals surface area contributed by atoms with E-state index in [1.165, 1.54) is 109 Å². The molecule has 0 aliphatic carbocycles. The van der Waals surface area contributed by atoms with Crippen LogP contribution in [0.15, 0.2) is 58.5 Å². The number of likely N-dealkylation sites (tertiary alicyclic amines) is 1. The van der Waals surface area contributed by atoms with Crippen LogP contribution in [-0.4, -0.2) is 113 Å². The van der Waals surface area contributed by atoms with Gasteiger partial charge in [0.25, 0.3) is 0 Å². The zero-order valence-electron chi connectivity index (χ0n) is 36.3. The number of nitrogens with zero attached hydrogens (tertiary/aromatic N) is 5. The van der Waals surface area contributed by atoms with Crippen molar-refractivity contribution in [1.82, 2.24) is 19.7 Å². The maximum absolute atomic E-state index is 14.5. The van der Waals surface area contributed by atoms with Gasteiger partial charge in [0.05, 0.1) is 29.8 Å². The standard InChI is InChI=1S/C48H75N5O4S/c1-4-6-7-8-9-10-11-12-13-14-15-16-17-18-37-57-42-19-22-44(23-20-42)58(54,55)47-39-49-46-24-21-43(56-3)38-45(46)48(47)53-31-27-41(28-32-53)52-35-33-51(34-36-52)40-25-29-50(5-2)30-26-40/h19-24,38-41H,4-18,25-37H2,1-3H3. The SMILES string of the molecule is CCCCCCCCCCCCCCCCOc1ccc(S(=O)(=O)c2cnc3ccc(OC)cc3c2N2CCC(N3CCN(C4CCN(CC)CC4)CC3)CC2)cc1. The molecule has 9 nitrogen and oxygen atoms in total. The fourth-order valence-electron chi connectivity index (χ4n) is 9.64. The monoisotopic (exact) mass is 818 g/mol. The summed E-state index contributed by atoms with van der Waals surface area (Å²) >= 11 is 0. The summed E-state index contributed by atoms with van der Waals surface area (Å²) < 4.78 is 40.6. The normalized spacial score (nSPS) is 18.3. The third-order valence-electron chi connectivity index (χ3n) is 13.4. The molecular weight excluding hydrogens is 743 g/mol. The number of rotatable bonds is 23. The van der Waals surface area contributed by atoms with Crippen LogP contribution >= 0.6 is 0 Å². The summed E-state index contributed by atoms with van der Waals surface area (Å²) in [5.74, 6) is 1.40. The van der Waals surface area contributed by atoms with Crippen molar-refractivity contribution in [3.63, 3.8) is 0 Å². The second-order valence-electron chi connectivity index (χ2n) is 17.2. The average molecular weight is 818 g/mol. The molecule has 0 bridgehead atoms. The lowest BCUT2D eigenvalue weighted by atomic mass is 9.99. The van der Waals surface area contributed by atoms with Gasteiger partial charge in [-0.2, -0.15) is 0 Å². The Kier molecular flexibility index (Phi) is 17.8. The van der Waals surface area contributed by atoms with Crippen molar-refractivity contribution in [1.29, 1.82) is 0 Å². The third kappa shape index (κ3) is 12.3. The van der Waals surface area contributed by atoms with Gasteiger partial charge in [0.2, 0.25) is 9.84 Å². The summed E-state index contributed by atoms with van der Waals surface area (Å²) in [6.07, 6.45) is 24.7. The van der Waals surface area contributed by atoms with Crippen molar-refractivity contribution < 1.29 is 17.9 Å². The summed E-state index contributed by atoms with van der Waals surface area (Å²) in [4.78, 5) is 15.5. The molecule has 3 aliphatic heterocycles. The first kappa shape index (κ1) is 44.6. The molecule has 4 heterocycles. The number of benzene rings is 2. The van der Waals surface area contributed by atoms with Crippen molar-refractivity contribution in [3.05, 3.63) is 48.7 Å². The fraction of sp³-hybridized carbons (Fsp3) is 0.688. The number of pyridine rings is 1. The maximum Gasteiger partial charge on any atom is 0.210 e. The number of methoxy groups -OCH3 is 1. The highest BCUT2D eigenvalue weighted by atomic mass is 32.2. The van der Waals surface area contributed by atoms with Gasteiger partial charge in [-0.1, -0.05) is 97.3 Å². The van der Waals surface area contributed by atoms with E-state index in [-0.39, 0.29) is 9.79 Å². The Labute approximate surface area is 351 Å². The largest absolute Gasteiger partial charge is 0.497 e. The molecule has 3 aliphatic rings. The smallest absolute Gasteiger partial charge is 0.210 e. The lowest BCUT2D eigenvalue weighted by Gasteiger charge is -2.46. The molecule has 0 spiro atoms. The van der Waals surface area contributed by atoms with Gasteiger partial charge in [0.15, 0.2) is 0 Å². The molecule has 0 radical (unpaired) electrons. The van der Waals surface area contributed by atoms with Gasteiger partial charge < -0.3 is 19.3 Å². The number of hydrogen-bond donors (Lipinski definition) is 0. The minimum absolute atomic E-state index is 0.255. The third-order valence-corrected chi connectivity index (χ3v) is 15.1. The van der Waals surface area contributed by atoms with E-state index in [4.69, 9.17) is 9.47 Å². The molecule has 3 saturated heterocycles. The Balaban J connectivity index is 0.996. The van der Waals surface area contributed by atoms with Crippen LogP contribution in [0.1, 0.15) is 129 Å². The molecule has 6 rings (SSSR count). The molecule has 0 saturated carbocycles. The van der Waals surface area contributed by atoms with Crippen molar-refractivity contribution in [2.75, 3.05) is 77.5 Å². The van der Waals surface area contributed by atoms with Gasteiger partial charge in [-0.25, -0.2) is 8.42 Å². The molecule has 0 N–H and O–H groups in total. The van der Waals surface area contributed by atoms with E-state index in [9.17, 15) is 8.42 Å². The van der Waals surface area contributed by atoms with E-state index in [0.29, 0.717) is 24.1 Å². The van der Waals surface area contributed by atoms with Crippen LogP contribution < -0.4 is 14.4 Å². The molecule has 3 aromatic rings. The van der Waals surface area contributed by atoms with Crippen LogP contribution in [0.3, 0.4) is 0 Å². The quantitative estimate of drug-likeness (QED) is 0.0870. The number of piperidine rings is 2. The summed E-state index contributed by atoms with van der Waals surface area (Å²) in [6, 6.07) is 14.0. The zero-order chi connectivity index (χ0) is 40.6. The van der Waals surface area contributed by atoms with Gasteiger partial charge in [-0.05, 0) is 94.2 Å². The number of sulfone groups is 1. The highest BCUT2D eigenvalue weighted by molar-refractivity contribution is 7.91. The Hall–Kier alpha value is -2.92. The van der Waals surface area contributed by atoms with E-state index < -0.39 is 9.84 Å². The second kappa shape index (κ2) is 23.2. The summed E-state index contributed by atoms with van der Waals surface area (Å²) in [7, 11) is -2.22. The molecule has 2 aromatic carbocycles. The van der Waals surface area contributed by atoms with E-state index in [0.717, 1.165) is 87.7 Å². The van der Waals surface area contributed by atoms with Crippen LogP contribution in [-0.2, 0) is 9.84 Å². The van der Waals surface area contributed by atoms with E-state index in [1.54, 1.807) is 37.6 Å². The van der Waals surface area contributed by atoms with Crippen LogP contribution in [0.5, 0.6) is 11.5 Å². The number of ether oxygens (including phenoxy) is 2. The molecule has 10 heteroatoms. The Morgan fingerprint density at radius 2 is 1.16 bits per heavy atom. The van der Waals surface area contributed by atoms with Crippen molar-refractivity contribution in [2.45, 2.75) is 151 Å². The van der Waals surface area contributed by atoms with E-state index in [1.807, 2.05) is 18.2 Å². The molecule has 0 unspecified atom stereocenters. The number of hydrogen-bond acceptors (Lipinski definition) is 9. The van der Waals surface area contributed by atoms with Gasteiger partial charge in [0.1, 0.15) is 16.4 Å². The van der Waals surface area contributed by atoms with E-state index >= 15 is 0 Å². The topological polar surface area (TPSA) is 78.4 Å². The van der Waals surface area contributed by atoms with Crippen molar-refractivity contribution in [2.24, 2.45) is 0 Å². The van der Waals surface area contributed by atoms with Crippen LogP contribution in [0.4, 0.5) is 5.69 Å². The second-order valence-corrected chi connectivity index (χ2v) is 19.1. The molecule has 58 heavy (non-hydrogen) atoms. The summed E-state index contributed by atoms with van der Waals surface area (Å²) in [5, 5.41) is 0.815. The number of piperazine rings is 1. The number of anilines is 1. The van der Waals surface area contributed by atoms with Gasteiger partial charge in [-0.3, -0.25) is 14.8 Å². The highest BCUT2D eigenvalue weighted by Crippen LogP contribution is 2.39. The average Bonchev–Trinajstić information content (AvgIpc) is 3.27. The molecule has 1 aromatic heterocycles. The Bertz CT molecular complexity index is 1750. The first-order valence-electron chi connectivity index (χ1n) is 23.3.